The minimum absolute atomic E-state index is 0.100. The second-order valence-electron chi connectivity index (χ2n) is 3.91. The maximum atomic E-state index is 12.1. The van der Waals surface area contributed by atoms with Crippen LogP contribution in [0.5, 0.6) is 0 Å². The Hall–Kier alpha value is -2.04. The number of rotatable bonds is 2. The molecule has 0 unspecified atom stereocenters. The highest BCUT2D eigenvalue weighted by Gasteiger charge is 2.22. The first-order valence-corrected chi connectivity index (χ1v) is 5.54. The Labute approximate surface area is 99.8 Å². The maximum absolute atomic E-state index is 12.1. The molecule has 1 aliphatic rings. The summed E-state index contributed by atoms with van der Waals surface area (Å²) in [5.74, 6) is -0.202. The Balaban J connectivity index is 2.15. The van der Waals surface area contributed by atoms with Crippen LogP contribution in [0.2, 0.25) is 0 Å². The third kappa shape index (κ3) is 2.55. The quantitative estimate of drug-likeness (QED) is 0.772. The molecular weight excluding hydrogens is 218 g/mol. The van der Waals surface area contributed by atoms with Crippen molar-refractivity contribution in [3.63, 3.8) is 0 Å². The van der Waals surface area contributed by atoms with Crippen LogP contribution in [0.4, 0.5) is 5.69 Å². The van der Waals surface area contributed by atoms with Crippen molar-refractivity contribution >= 4 is 17.5 Å². The summed E-state index contributed by atoms with van der Waals surface area (Å²) < 4.78 is 0. The van der Waals surface area contributed by atoms with E-state index in [9.17, 15) is 9.59 Å². The molecule has 2 amide bonds. The number of carbonyl (C=O) groups excluding carboxylic acids is 2. The van der Waals surface area contributed by atoms with Gasteiger partial charge in [-0.15, -0.1) is 0 Å². The van der Waals surface area contributed by atoms with E-state index in [4.69, 9.17) is 0 Å². The molecule has 0 spiro atoms. The van der Waals surface area contributed by atoms with E-state index in [1.807, 2.05) is 12.1 Å². The highest BCUT2D eigenvalue weighted by atomic mass is 16.2. The molecule has 5 nitrogen and oxygen atoms in total. The van der Waals surface area contributed by atoms with Gasteiger partial charge in [0.1, 0.15) is 0 Å². The third-order valence-electron chi connectivity index (χ3n) is 2.72. The van der Waals surface area contributed by atoms with E-state index in [0.717, 1.165) is 5.69 Å². The van der Waals surface area contributed by atoms with E-state index >= 15 is 0 Å². The molecule has 0 saturated carbocycles. The largest absolute Gasteiger partial charge is 0.388 e. The molecule has 1 saturated heterocycles. The second-order valence-corrected chi connectivity index (χ2v) is 3.91. The molecular formula is C12H15N3O2. The zero-order valence-corrected chi connectivity index (χ0v) is 9.69. The van der Waals surface area contributed by atoms with Crippen LogP contribution in [0.3, 0.4) is 0 Å². The van der Waals surface area contributed by atoms with Gasteiger partial charge in [0.15, 0.2) is 0 Å². The molecule has 5 heteroatoms. The van der Waals surface area contributed by atoms with Gasteiger partial charge in [0, 0.05) is 31.4 Å². The van der Waals surface area contributed by atoms with Crippen LogP contribution in [0.1, 0.15) is 10.4 Å². The molecule has 1 aromatic rings. The van der Waals surface area contributed by atoms with Crippen molar-refractivity contribution in [3.8, 4) is 0 Å². The van der Waals surface area contributed by atoms with Crippen LogP contribution < -0.4 is 10.6 Å². The zero-order chi connectivity index (χ0) is 12.3. The van der Waals surface area contributed by atoms with Crippen LogP contribution in [0, 0.1) is 0 Å². The summed E-state index contributed by atoms with van der Waals surface area (Å²) in [5, 5.41) is 5.68. The normalized spacial score (nSPS) is 15.4. The Morgan fingerprint density at radius 1 is 1.47 bits per heavy atom. The van der Waals surface area contributed by atoms with Gasteiger partial charge in [-0.05, 0) is 18.2 Å². The lowest BCUT2D eigenvalue weighted by atomic mass is 10.1. The minimum Gasteiger partial charge on any atom is -0.388 e. The number of hydrogen-bond donors (Lipinski definition) is 2. The Morgan fingerprint density at radius 3 is 3.00 bits per heavy atom. The minimum atomic E-state index is -0.102. The molecule has 1 heterocycles. The van der Waals surface area contributed by atoms with Gasteiger partial charge in [-0.2, -0.15) is 0 Å². The summed E-state index contributed by atoms with van der Waals surface area (Å²) in [6, 6.07) is 7.26. The summed E-state index contributed by atoms with van der Waals surface area (Å²) in [6.45, 7) is 1.23. The molecule has 0 radical (unpaired) electrons. The molecule has 17 heavy (non-hydrogen) atoms. The van der Waals surface area contributed by atoms with E-state index < -0.39 is 0 Å². The van der Waals surface area contributed by atoms with E-state index in [1.165, 1.54) is 0 Å². The van der Waals surface area contributed by atoms with Gasteiger partial charge in [0.05, 0.1) is 6.54 Å². The van der Waals surface area contributed by atoms with Crippen molar-refractivity contribution < 1.29 is 9.59 Å². The van der Waals surface area contributed by atoms with Crippen molar-refractivity contribution in [3.05, 3.63) is 29.8 Å². The molecule has 2 rings (SSSR count). The van der Waals surface area contributed by atoms with Gasteiger partial charge in [-0.25, -0.2) is 0 Å². The van der Waals surface area contributed by atoms with Crippen molar-refractivity contribution in [1.29, 1.82) is 0 Å². The van der Waals surface area contributed by atoms with Crippen LogP contribution in [0.25, 0.3) is 0 Å². The van der Waals surface area contributed by atoms with Crippen LogP contribution >= 0.6 is 0 Å². The fourth-order valence-corrected chi connectivity index (χ4v) is 1.80. The molecule has 0 aliphatic carbocycles. The summed E-state index contributed by atoms with van der Waals surface area (Å²) in [6.07, 6.45) is 0. The number of amides is 2. The van der Waals surface area contributed by atoms with Gasteiger partial charge < -0.3 is 15.5 Å². The van der Waals surface area contributed by atoms with Crippen LogP contribution in [0.15, 0.2) is 24.3 Å². The first kappa shape index (κ1) is 11.4. The molecule has 0 atom stereocenters. The van der Waals surface area contributed by atoms with Gasteiger partial charge in [0.25, 0.3) is 5.91 Å². The predicted molar refractivity (Wildman–Crippen MR) is 64.9 cm³/mol. The van der Waals surface area contributed by atoms with Crippen LogP contribution in [-0.2, 0) is 4.79 Å². The molecule has 1 aromatic carbocycles. The predicted octanol–water partition coefficient (Wildman–Crippen LogP) is 0.300. The number of anilines is 1. The van der Waals surface area contributed by atoms with E-state index in [1.54, 1.807) is 24.1 Å². The maximum Gasteiger partial charge on any atom is 0.254 e. The number of nitrogens with zero attached hydrogens (tertiary/aromatic N) is 1. The lowest BCUT2D eigenvalue weighted by Crippen LogP contribution is -2.49. The van der Waals surface area contributed by atoms with Gasteiger partial charge in [-0.1, -0.05) is 6.07 Å². The summed E-state index contributed by atoms with van der Waals surface area (Å²) >= 11 is 0. The lowest BCUT2D eigenvalue weighted by molar-refractivity contribution is -0.123. The average Bonchev–Trinajstić information content (AvgIpc) is 2.38. The third-order valence-corrected chi connectivity index (χ3v) is 2.72. The smallest absolute Gasteiger partial charge is 0.254 e. The number of benzene rings is 1. The fraction of sp³-hybridized carbons (Fsp3) is 0.333. The van der Waals surface area contributed by atoms with E-state index in [0.29, 0.717) is 18.7 Å². The monoisotopic (exact) mass is 233 g/mol. The van der Waals surface area contributed by atoms with Crippen molar-refractivity contribution in [2.45, 2.75) is 0 Å². The molecule has 2 N–H and O–H groups in total. The fourth-order valence-electron chi connectivity index (χ4n) is 1.80. The molecule has 0 bridgehead atoms. The Bertz CT molecular complexity index is 445. The van der Waals surface area contributed by atoms with Crippen LogP contribution in [-0.4, -0.2) is 43.4 Å². The highest BCUT2D eigenvalue weighted by Crippen LogP contribution is 2.12. The van der Waals surface area contributed by atoms with Gasteiger partial charge in [0.2, 0.25) is 5.91 Å². The standard InChI is InChI=1S/C12H15N3O2/c1-13-10-4-2-3-9(7-10)12(17)15-6-5-14-11(16)8-15/h2-4,7,13H,5-6,8H2,1H3,(H,14,16). The first-order valence-electron chi connectivity index (χ1n) is 5.54. The average molecular weight is 233 g/mol. The number of nitrogens with one attached hydrogen (secondary N) is 2. The first-order chi connectivity index (χ1) is 8.20. The summed E-state index contributed by atoms with van der Waals surface area (Å²) in [5.41, 5.74) is 1.49. The van der Waals surface area contributed by atoms with Crippen molar-refractivity contribution in [1.82, 2.24) is 10.2 Å². The molecule has 1 aliphatic heterocycles. The van der Waals surface area contributed by atoms with Gasteiger partial charge >= 0.3 is 0 Å². The SMILES string of the molecule is CNc1cccc(C(=O)N2CCNC(=O)C2)c1. The van der Waals surface area contributed by atoms with Crippen molar-refractivity contribution in [2.24, 2.45) is 0 Å². The lowest BCUT2D eigenvalue weighted by Gasteiger charge is -2.26. The number of piperazine rings is 1. The Kier molecular flexibility index (Phi) is 3.27. The van der Waals surface area contributed by atoms with E-state index in [-0.39, 0.29) is 18.4 Å². The molecule has 1 fully saturated rings. The summed E-state index contributed by atoms with van der Waals surface area (Å²) in [4.78, 5) is 24.9. The topological polar surface area (TPSA) is 61.4 Å². The number of hydrogen-bond acceptors (Lipinski definition) is 3. The Morgan fingerprint density at radius 2 is 2.29 bits per heavy atom. The van der Waals surface area contributed by atoms with Gasteiger partial charge in [-0.3, -0.25) is 9.59 Å². The number of carbonyl (C=O) groups is 2. The molecule has 90 valence electrons. The highest BCUT2D eigenvalue weighted by molar-refractivity contribution is 5.97. The second kappa shape index (κ2) is 4.86. The molecule has 0 aromatic heterocycles. The zero-order valence-electron chi connectivity index (χ0n) is 9.69. The van der Waals surface area contributed by atoms with Crippen molar-refractivity contribution in [2.75, 3.05) is 32.0 Å². The summed E-state index contributed by atoms with van der Waals surface area (Å²) in [7, 11) is 1.80. The van der Waals surface area contributed by atoms with E-state index in [2.05, 4.69) is 10.6 Å².